The van der Waals surface area contributed by atoms with E-state index in [2.05, 4.69) is 0 Å². The van der Waals surface area contributed by atoms with Gasteiger partial charge in [-0.2, -0.15) is 22.0 Å². The van der Waals surface area contributed by atoms with Crippen LogP contribution in [0.5, 0.6) is 0 Å². The molecule has 0 aliphatic carbocycles. The molecule has 0 bridgehead atoms. The summed E-state index contributed by atoms with van der Waals surface area (Å²) in [4.78, 5) is 12.5. The minimum absolute atomic E-state index is 0.320. The van der Waals surface area contributed by atoms with Crippen LogP contribution in [0.3, 0.4) is 0 Å². The van der Waals surface area contributed by atoms with Crippen molar-refractivity contribution in [2.24, 2.45) is 0 Å². The molecule has 2 nitrogen and oxygen atoms in total. The lowest BCUT2D eigenvalue weighted by Crippen LogP contribution is -2.50. The summed E-state index contributed by atoms with van der Waals surface area (Å²) in [6.07, 6.45) is -4.05. The largest absolute Gasteiger partial charge is 0.463 e. The van der Waals surface area contributed by atoms with E-state index in [-0.39, 0.29) is 6.54 Å². The number of alkyl halides is 5. The molecule has 1 aromatic carbocycles. The number of carbonyl (C=O) groups is 1. The lowest BCUT2D eigenvalue weighted by molar-refractivity contribution is -0.274. The predicted octanol–water partition coefficient (Wildman–Crippen LogP) is 3.56. The van der Waals surface area contributed by atoms with Crippen molar-refractivity contribution in [1.82, 2.24) is 4.90 Å². The molecule has 0 aromatic heterocycles. The number of benzene rings is 1. The lowest BCUT2D eigenvalue weighted by atomic mass is 10.2. The summed E-state index contributed by atoms with van der Waals surface area (Å²) in [6, 6.07) is 6.53. The molecular formula is C12H12F5NOS. The first-order valence-corrected chi connectivity index (χ1v) is 6.65. The van der Waals surface area contributed by atoms with Crippen molar-refractivity contribution in [3.8, 4) is 0 Å². The average Bonchev–Trinajstić information content (AvgIpc) is 2.37. The standard InChI is InChI=1S/C12H12F5NOS/c1-18(10(19)11(13,14)12(15,16)17)7-8-3-5-9(20-2)6-4-8/h3-6H,7H2,1-2H3. The van der Waals surface area contributed by atoms with Crippen molar-refractivity contribution in [3.05, 3.63) is 29.8 Å². The second-order valence-electron chi connectivity index (χ2n) is 4.08. The van der Waals surface area contributed by atoms with Crippen LogP contribution >= 0.6 is 11.8 Å². The average molecular weight is 313 g/mol. The van der Waals surface area contributed by atoms with E-state index in [1.165, 1.54) is 11.8 Å². The summed E-state index contributed by atoms with van der Waals surface area (Å²) in [5.74, 6) is -7.64. The Morgan fingerprint density at radius 1 is 1.15 bits per heavy atom. The van der Waals surface area contributed by atoms with Crippen molar-refractivity contribution in [3.63, 3.8) is 0 Å². The van der Waals surface area contributed by atoms with E-state index in [4.69, 9.17) is 0 Å². The summed E-state index contributed by atoms with van der Waals surface area (Å²) in [7, 11) is 0.907. The van der Waals surface area contributed by atoms with Gasteiger partial charge < -0.3 is 4.90 Å². The number of hydrogen-bond donors (Lipinski definition) is 0. The molecule has 1 rings (SSSR count). The Hall–Kier alpha value is -1.31. The number of thioether (sulfide) groups is 1. The molecule has 0 saturated carbocycles. The van der Waals surface area contributed by atoms with E-state index in [1.807, 2.05) is 6.26 Å². The number of carbonyl (C=O) groups excluding carboxylic acids is 1. The maximum atomic E-state index is 12.9. The van der Waals surface area contributed by atoms with Crippen LogP contribution in [0.15, 0.2) is 29.2 Å². The molecule has 0 fully saturated rings. The second kappa shape index (κ2) is 5.99. The number of hydrogen-bond acceptors (Lipinski definition) is 2. The molecule has 20 heavy (non-hydrogen) atoms. The molecule has 0 unspecified atom stereocenters. The molecule has 0 saturated heterocycles. The van der Waals surface area contributed by atoms with Crippen molar-refractivity contribution in [2.45, 2.75) is 23.5 Å². The van der Waals surface area contributed by atoms with E-state index in [9.17, 15) is 26.7 Å². The Bertz CT molecular complexity index is 472. The van der Waals surface area contributed by atoms with E-state index in [0.717, 1.165) is 11.9 Å². The third kappa shape index (κ3) is 3.62. The van der Waals surface area contributed by atoms with Crippen LogP contribution in [-0.2, 0) is 11.3 Å². The van der Waals surface area contributed by atoms with Gasteiger partial charge in [0, 0.05) is 18.5 Å². The van der Waals surface area contributed by atoms with Crippen molar-refractivity contribution in [1.29, 1.82) is 0 Å². The number of halogens is 5. The van der Waals surface area contributed by atoms with Gasteiger partial charge in [-0.3, -0.25) is 4.79 Å². The maximum Gasteiger partial charge on any atom is 0.463 e. The molecule has 0 radical (unpaired) electrons. The molecule has 0 heterocycles. The topological polar surface area (TPSA) is 20.3 Å². The molecule has 8 heteroatoms. The first-order chi connectivity index (χ1) is 9.09. The second-order valence-corrected chi connectivity index (χ2v) is 4.96. The molecule has 0 N–H and O–H groups in total. The number of rotatable bonds is 4. The molecule has 1 aromatic rings. The minimum Gasteiger partial charge on any atom is -0.336 e. The smallest absolute Gasteiger partial charge is 0.336 e. The van der Waals surface area contributed by atoms with Crippen LogP contribution < -0.4 is 0 Å². The fourth-order valence-electron chi connectivity index (χ4n) is 1.44. The van der Waals surface area contributed by atoms with E-state index in [1.54, 1.807) is 24.3 Å². The van der Waals surface area contributed by atoms with Crippen LogP contribution in [0.4, 0.5) is 22.0 Å². The van der Waals surface area contributed by atoms with Crippen molar-refractivity contribution < 1.29 is 26.7 Å². The molecule has 0 spiro atoms. The maximum absolute atomic E-state index is 12.9. The van der Waals surface area contributed by atoms with Gasteiger partial charge in [-0.25, -0.2) is 0 Å². The van der Waals surface area contributed by atoms with Gasteiger partial charge in [-0.1, -0.05) is 12.1 Å². The zero-order chi connectivity index (χ0) is 15.6. The van der Waals surface area contributed by atoms with Gasteiger partial charge in [0.2, 0.25) is 0 Å². The van der Waals surface area contributed by atoms with Crippen LogP contribution in [0.1, 0.15) is 5.56 Å². The zero-order valence-corrected chi connectivity index (χ0v) is 11.5. The summed E-state index contributed by atoms with van der Waals surface area (Å²) in [5.41, 5.74) is 0.469. The van der Waals surface area contributed by atoms with Gasteiger partial charge in [0.05, 0.1) is 0 Å². The molecule has 0 atom stereocenters. The third-order valence-electron chi connectivity index (χ3n) is 2.55. The van der Waals surface area contributed by atoms with E-state index in [0.29, 0.717) is 10.5 Å². The first-order valence-electron chi connectivity index (χ1n) is 5.42. The summed E-state index contributed by atoms with van der Waals surface area (Å²) in [6.45, 7) is -0.320. The monoisotopic (exact) mass is 313 g/mol. The van der Waals surface area contributed by atoms with Crippen molar-refractivity contribution >= 4 is 17.7 Å². The molecule has 0 aliphatic heterocycles. The van der Waals surface area contributed by atoms with Gasteiger partial charge in [0.1, 0.15) is 0 Å². The zero-order valence-electron chi connectivity index (χ0n) is 10.7. The fraction of sp³-hybridized carbons (Fsp3) is 0.417. The van der Waals surface area contributed by atoms with Crippen LogP contribution in [-0.4, -0.2) is 36.2 Å². The summed E-state index contributed by atoms with van der Waals surface area (Å²) < 4.78 is 62.0. The van der Waals surface area contributed by atoms with E-state index < -0.39 is 18.0 Å². The Labute approximate surface area is 116 Å². The highest BCUT2D eigenvalue weighted by Crippen LogP contribution is 2.36. The van der Waals surface area contributed by atoms with Gasteiger partial charge >= 0.3 is 18.0 Å². The quantitative estimate of drug-likeness (QED) is 0.626. The van der Waals surface area contributed by atoms with E-state index >= 15 is 0 Å². The summed E-state index contributed by atoms with van der Waals surface area (Å²) >= 11 is 1.46. The molecule has 1 amide bonds. The van der Waals surface area contributed by atoms with Gasteiger partial charge in [0.25, 0.3) is 0 Å². The highest BCUT2D eigenvalue weighted by atomic mass is 32.2. The fourth-order valence-corrected chi connectivity index (χ4v) is 1.85. The van der Waals surface area contributed by atoms with Gasteiger partial charge in [-0.05, 0) is 24.0 Å². The van der Waals surface area contributed by atoms with Crippen LogP contribution in [0, 0.1) is 0 Å². The lowest BCUT2D eigenvalue weighted by Gasteiger charge is -2.24. The Kier molecular flexibility index (Phi) is 5.01. The highest BCUT2D eigenvalue weighted by molar-refractivity contribution is 7.98. The molecular weight excluding hydrogens is 301 g/mol. The highest BCUT2D eigenvalue weighted by Gasteiger charge is 2.64. The van der Waals surface area contributed by atoms with Crippen LogP contribution in [0.2, 0.25) is 0 Å². The van der Waals surface area contributed by atoms with Crippen LogP contribution in [0.25, 0.3) is 0 Å². The SMILES string of the molecule is CSc1ccc(CN(C)C(=O)C(F)(F)C(F)(F)F)cc1. The first kappa shape index (κ1) is 16.7. The number of amides is 1. The Morgan fingerprint density at radius 2 is 1.65 bits per heavy atom. The number of nitrogens with zero attached hydrogens (tertiary/aromatic N) is 1. The predicted molar refractivity (Wildman–Crippen MR) is 65.7 cm³/mol. The third-order valence-corrected chi connectivity index (χ3v) is 3.29. The molecule has 0 aliphatic rings. The van der Waals surface area contributed by atoms with Crippen molar-refractivity contribution in [2.75, 3.05) is 13.3 Å². The van der Waals surface area contributed by atoms with Gasteiger partial charge in [-0.15, -0.1) is 11.8 Å². The molecule has 112 valence electrons. The Balaban J connectivity index is 2.80. The van der Waals surface area contributed by atoms with Gasteiger partial charge in [0.15, 0.2) is 0 Å². The minimum atomic E-state index is -5.89. The summed E-state index contributed by atoms with van der Waals surface area (Å²) in [5, 5.41) is 0. The Morgan fingerprint density at radius 3 is 2.05 bits per heavy atom. The normalized spacial score (nSPS) is 12.3.